The molecule has 3 heteroatoms. The molecule has 0 fully saturated rings. The van der Waals surface area contributed by atoms with Crippen LogP contribution >= 0.6 is 0 Å². The standard InChI is InChI=1S/C9H11N3/c1-3-7-8(4-10)6(2)12-5-9(7)11/h5H,3,11H2,1-2H3. The second-order valence-electron chi connectivity index (χ2n) is 2.62. The molecule has 3 nitrogen and oxygen atoms in total. The van der Waals surface area contributed by atoms with Crippen molar-refractivity contribution >= 4 is 5.69 Å². The maximum absolute atomic E-state index is 8.81. The average Bonchev–Trinajstić information content (AvgIpc) is 2.08. The molecular weight excluding hydrogens is 150 g/mol. The fourth-order valence-electron chi connectivity index (χ4n) is 1.20. The molecule has 0 saturated carbocycles. The van der Waals surface area contributed by atoms with E-state index in [1.54, 1.807) is 6.20 Å². The lowest BCUT2D eigenvalue weighted by molar-refractivity contribution is 1.08. The zero-order valence-corrected chi connectivity index (χ0v) is 7.26. The highest BCUT2D eigenvalue weighted by Crippen LogP contribution is 2.18. The van der Waals surface area contributed by atoms with Crippen molar-refractivity contribution in [3.63, 3.8) is 0 Å². The van der Waals surface area contributed by atoms with Crippen molar-refractivity contribution in [2.75, 3.05) is 5.73 Å². The van der Waals surface area contributed by atoms with Crippen molar-refractivity contribution in [2.45, 2.75) is 20.3 Å². The van der Waals surface area contributed by atoms with Gasteiger partial charge >= 0.3 is 0 Å². The number of hydrogen-bond acceptors (Lipinski definition) is 3. The second kappa shape index (κ2) is 3.22. The first-order chi connectivity index (χ1) is 5.70. The van der Waals surface area contributed by atoms with Crippen LogP contribution in [0.15, 0.2) is 6.20 Å². The summed E-state index contributed by atoms with van der Waals surface area (Å²) in [5.41, 5.74) is 8.56. The summed E-state index contributed by atoms with van der Waals surface area (Å²) in [5, 5.41) is 8.81. The Kier molecular flexibility index (Phi) is 2.29. The number of anilines is 1. The summed E-state index contributed by atoms with van der Waals surface area (Å²) in [6.07, 6.45) is 2.38. The van der Waals surface area contributed by atoms with Gasteiger partial charge in [-0.15, -0.1) is 0 Å². The lowest BCUT2D eigenvalue weighted by Gasteiger charge is -2.05. The maximum Gasteiger partial charge on any atom is 0.101 e. The third-order valence-electron chi connectivity index (χ3n) is 1.87. The van der Waals surface area contributed by atoms with Crippen molar-refractivity contribution < 1.29 is 0 Å². The monoisotopic (exact) mass is 161 g/mol. The molecule has 1 heterocycles. The minimum absolute atomic E-state index is 0.611. The Balaban J connectivity index is 3.41. The van der Waals surface area contributed by atoms with Gasteiger partial charge in [0.1, 0.15) is 6.07 Å². The predicted molar refractivity (Wildman–Crippen MR) is 47.5 cm³/mol. The Morgan fingerprint density at radius 2 is 2.33 bits per heavy atom. The number of nitrogen functional groups attached to an aromatic ring is 1. The molecule has 0 aliphatic carbocycles. The summed E-state index contributed by atoms with van der Waals surface area (Å²) in [5.74, 6) is 0. The molecule has 0 aliphatic rings. The molecule has 0 amide bonds. The number of rotatable bonds is 1. The molecule has 2 N–H and O–H groups in total. The van der Waals surface area contributed by atoms with Gasteiger partial charge in [-0.25, -0.2) is 0 Å². The van der Waals surface area contributed by atoms with Gasteiger partial charge < -0.3 is 5.73 Å². The Hall–Kier alpha value is -1.56. The molecule has 62 valence electrons. The number of pyridine rings is 1. The first-order valence-electron chi connectivity index (χ1n) is 3.84. The first-order valence-corrected chi connectivity index (χ1v) is 3.84. The van der Waals surface area contributed by atoms with Crippen LogP contribution in [-0.4, -0.2) is 4.98 Å². The van der Waals surface area contributed by atoms with E-state index in [1.165, 1.54) is 0 Å². The molecule has 0 bridgehead atoms. The Bertz CT molecular complexity index is 336. The van der Waals surface area contributed by atoms with Gasteiger partial charge in [0.05, 0.1) is 23.1 Å². The number of nitrogens with two attached hydrogens (primary N) is 1. The van der Waals surface area contributed by atoms with E-state index in [1.807, 2.05) is 13.8 Å². The molecule has 12 heavy (non-hydrogen) atoms. The molecule has 0 unspecified atom stereocenters. The van der Waals surface area contributed by atoms with E-state index in [0.717, 1.165) is 17.7 Å². The zero-order chi connectivity index (χ0) is 9.14. The van der Waals surface area contributed by atoms with E-state index in [-0.39, 0.29) is 0 Å². The van der Waals surface area contributed by atoms with Crippen LogP contribution in [0.25, 0.3) is 0 Å². The van der Waals surface area contributed by atoms with Gasteiger partial charge in [0.2, 0.25) is 0 Å². The highest BCUT2D eigenvalue weighted by molar-refractivity contribution is 5.55. The summed E-state index contributed by atoms with van der Waals surface area (Å²) < 4.78 is 0. The van der Waals surface area contributed by atoms with Crippen LogP contribution in [-0.2, 0) is 6.42 Å². The summed E-state index contributed by atoms with van der Waals surface area (Å²) in [7, 11) is 0. The van der Waals surface area contributed by atoms with E-state index >= 15 is 0 Å². The van der Waals surface area contributed by atoms with Gasteiger partial charge in [0, 0.05) is 0 Å². The quantitative estimate of drug-likeness (QED) is 0.677. The topological polar surface area (TPSA) is 62.7 Å². The number of nitrogens with zero attached hydrogens (tertiary/aromatic N) is 2. The van der Waals surface area contributed by atoms with Gasteiger partial charge in [0.25, 0.3) is 0 Å². The van der Waals surface area contributed by atoms with Crippen molar-refractivity contribution in [3.8, 4) is 6.07 Å². The van der Waals surface area contributed by atoms with Crippen LogP contribution < -0.4 is 5.73 Å². The van der Waals surface area contributed by atoms with E-state index in [0.29, 0.717) is 11.3 Å². The van der Waals surface area contributed by atoms with Crippen molar-refractivity contribution in [3.05, 3.63) is 23.0 Å². The van der Waals surface area contributed by atoms with Crippen LogP contribution in [0.3, 0.4) is 0 Å². The highest BCUT2D eigenvalue weighted by atomic mass is 14.7. The van der Waals surface area contributed by atoms with E-state index in [9.17, 15) is 0 Å². The minimum Gasteiger partial charge on any atom is -0.397 e. The normalized spacial score (nSPS) is 9.42. The molecule has 1 rings (SSSR count). The summed E-state index contributed by atoms with van der Waals surface area (Å²) in [4.78, 5) is 4.01. The number of hydrogen-bond donors (Lipinski definition) is 1. The molecule has 0 aromatic carbocycles. The third kappa shape index (κ3) is 1.24. The number of nitriles is 1. The van der Waals surface area contributed by atoms with Gasteiger partial charge in [-0.3, -0.25) is 4.98 Å². The maximum atomic E-state index is 8.81. The number of aromatic nitrogens is 1. The van der Waals surface area contributed by atoms with E-state index < -0.39 is 0 Å². The Morgan fingerprint density at radius 1 is 1.67 bits per heavy atom. The van der Waals surface area contributed by atoms with Crippen molar-refractivity contribution in [1.82, 2.24) is 4.98 Å². The zero-order valence-electron chi connectivity index (χ0n) is 7.26. The first kappa shape index (κ1) is 8.54. The van der Waals surface area contributed by atoms with Crippen LogP contribution in [0.2, 0.25) is 0 Å². The molecule has 0 spiro atoms. The van der Waals surface area contributed by atoms with E-state index in [4.69, 9.17) is 11.0 Å². The lowest BCUT2D eigenvalue weighted by Crippen LogP contribution is -2.00. The van der Waals surface area contributed by atoms with Gasteiger partial charge in [-0.2, -0.15) is 5.26 Å². The largest absolute Gasteiger partial charge is 0.397 e. The van der Waals surface area contributed by atoms with Crippen molar-refractivity contribution in [1.29, 1.82) is 5.26 Å². The smallest absolute Gasteiger partial charge is 0.101 e. The highest BCUT2D eigenvalue weighted by Gasteiger charge is 2.07. The van der Waals surface area contributed by atoms with Gasteiger partial charge in [-0.1, -0.05) is 6.92 Å². The summed E-state index contributed by atoms with van der Waals surface area (Å²) in [6, 6.07) is 2.11. The SMILES string of the molecule is CCc1c(N)cnc(C)c1C#N. The van der Waals surface area contributed by atoms with Gasteiger partial charge in [0.15, 0.2) is 0 Å². The van der Waals surface area contributed by atoms with E-state index in [2.05, 4.69) is 11.1 Å². The van der Waals surface area contributed by atoms with Crippen LogP contribution in [0.4, 0.5) is 5.69 Å². The molecule has 0 atom stereocenters. The second-order valence-corrected chi connectivity index (χ2v) is 2.62. The average molecular weight is 161 g/mol. The molecule has 1 aromatic heterocycles. The minimum atomic E-state index is 0.611. The predicted octanol–water partition coefficient (Wildman–Crippen LogP) is 1.41. The van der Waals surface area contributed by atoms with Crippen LogP contribution in [0, 0.1) is 18.3 Å². The Morgan fingerprint density at radius 3 is 2.75 bits per heavy atom. The fraction of sp³-hybridized carbons (Fsp3) is 0.333. The summed E-state index contributed by atoms with van der Waals surface area (Å²) >= 11 is 0. The van der Waals surface area contributed by atoms with Crippen LogP contribution in [0.1, 0.15) is 23.7 Å². The Labute approximate surface area is 71.8 Å². The number of aryl methyl sites for hydroxylation is 1. The lowest BCUT2D eigenvalue weighted by atomic mass is 10.0. The molecular formula is C9H11N3. The fourth-order valence-corrected chi connectivity index (χ4v) is 1.20. The van der Waals surface area contributed by atoms with Crippen molar-refractivity contribution in [2.24, 2.45) is 0 Å². The molecule has 0 aliphatic heterocycles. The molecule has 0 radical (unpaired) electrons. The molecule has 0 saturated heterocycles. The third-order valence-corrected chi connectivity index (χ3v) is 1.87. The molecule has 1 aromatic rings. The van der Waals surface area contributed by atoms with Gasteiger partial charge in [-0.05, 0) is 18.9 Å². The summed E-state index contributed by atoms with van der Waals surface area (Å²) in [6.45, 7) is 3.79. The van der Waals surface area contributed by atoms with Crippen LogP contribution in [0.5, 0.6) is 0 Å².